The van der Waals surface area contributed by atoms with Crippen LogP contribution >= 0.6 is 11.6 Å². The lowest BCUT2D eigenvalue weighted by atomic mass is 10.2. The lowest BCUT2D eigenvalue weighted by molar-refractivity contribution is 0.430. The molecule has 7 heteroatoms. The maximum Gasteiger partial charge on any atom is 0.218 e. The van der Waals surface area contributed by atoms with Crippen molar-refractivity contribution >= 4 is 21.6 Å². The third-order valence-corrected chi connectivity index (χ3v) is 5.80. The average molecular weight is 293 g/mol. The number of hydrogen-bond donors (Lipinski definition) is 1. The molecular formula is C11H14ClFN2O2S. The molecule has 0 radical (unpaired) electrons. The van der Waals surface area contributed by atoms with Crippen LogP contribution in [0.1, 0.15) is 12.0 Å². The van der Waals surface area contributed by atoms with Crippen molar-refractivity contribution in [3.63, 3.8) is 0 Å². The molecule has 0 unspecified atom stereocenters. The zero-order chi connectivity index (χ0) is 13.3. The predicted octanol–water partition coefficient (Wildman–Crippen LogP) is 1.34. The van der Waals surface area contributed by atoms with Crippen molar-refractivity contribution < 1.29 is 12.8 Å². The molecule has 1 fully saturated rings. The monoisotopic (exact) mass is 292 g/mol. The van der Waals surface area contributed by atoms with Gasteiger partial charge in [-0.3, -0.25) is 0 Å². The number of halogens is 2. The average Bonchev–Trinajstić information content (AvgIpc) is 2.59. The van der Waals surface area contributed by atoms with Gasteiger partial charge >= 0.3 is 0 Å². The molecule has 2 rings (SSSR count). The van der Waals surface area contributed by atoms with E-state index in [0.717, 1.165) is 0 Å². The molecule has 1 aliphatic rings. The molecule has 1 saturated heterocycles. The van der Waals surface area contributed by atoms with Gasteiger partial charge in [-0.15, -0.1) is 0 Å². The summed E-state index contributed by atoms with van der Waals surface area (Å²) in [6.45, 7) is 0.406. The number of sulfonamides is 1. The standard InChI is InChI=1S/C11H14ClFN2O2S/c12-10-2-1-3-11(13)9(10)7-15-5-4-8(6-14)18(15,16)17/h1-3,8H,4-7,14H2/t8-/m1/s1. The minimum Gasteiger partial charge on any atom is -0.329 e. The number of nitrogens with two attached hydrogens (primary N) is 1. The lowest BCUT2D eigenvalue weighted by Gasteiger charge is -2.17. The maximum atomic E-state index is 13.6. The molecule has 0 amide bonds. The molecule has 0 spiro atoms. The van der Waals surface area contributed by atoms with Crippen LogP contribution in [0.2, 0.25) is 5.02 Å². The zero-order valence-corrected chi connectivity index (χ0v) is 11.2. The lowest BCUT2D eigenvalue weighted by Crippen LogP contribution is -2.33. The Labute approximate surface area is 111 Å². The van der Waals surface area contributed by atoms with Crippen LogP contribution in [0.25, 0.3) is 0 Å². The van der Waals surface area contributed by atoms with Crippen LogP contribution in [-0.2, 0) is 16.6 Å². The number of nitrogens with zero attached hydrogens (tertiary/aromatic N) is 1. The van der Waals surface area contributed by atoms with Gasteiger partial charge in [-0.05, 0) is 18.6 Å². The predicted molar refractivity (Wildman–Crippen MR) is 68.2 cm³/mol. The molecule has 1 aliphatic heterocycles. The second-order valence-corrected chi connectivity index (χ2v) is 6.85. The van der Waals surface area contributed by atoms with Crippen molar-refractivity contribution in [1.82, 2.24) is 4.31 Å². The largest absolute Gasteiger partial charge is 0.329 e. The van der Waals surface area contributed by atoms with E-state index in [2.05, 4.69) is 0 Å². The Bertz CT molecular complexity index is 530. The smallest absolute Gasteiger partial charge is 0.218 e. The van der Waals surface area contributed by atoms with Gasteiger partial charge in [0, 0.05) is 30.2 Å². The Morgan fingerprint density at radius 2 is 2.22 bits per heavy atom. The third-order valence-electron chi connectivity index (χ3n) is 3.14. The van der Waals surface area contributed by atoms with Gasteiger partial charge in [-0.25, -0.2) is 12.8 Å². The van der Waals surface area contributed by atoms with Crippen molar-refractivity contribution in [1.29, 1.82) is 0 Å². The van der Waals surface area contributed by atoms with Gasteiger partial charge in [-0.1, -0.05) is 17.7 Å². The highest BCUT2D eigenvalue weighted by Crippen LogP contribution is 2.27. The van der Waals surface area contributed by atoms with Crippen LogP contribution in [0.4, 0.5) is 4.39 Å². The van der Waals surface area contributed by atoms with Crippen molar-refractivity contribution in [2.45, 2.75) is 18.2 Å². The van der Waals surface area contributed by atoms with E-state index in [4.69, 9.17) is 17.3 Å². The molecule has 1 aromatic rings. The van der Waals surface area contributed by atoms with Gasteiger partial charge in [-0.2, -0.15) is 4.31 Å². The Hall–Kier alpha value is -0.690. The van der Waals surface area contributed by atoms with Crippen LogP contribution in [0, 0.1) is 5.82 Å². The topological polar surface area (TPSA) is 63.4 Å². The third kappa shape index (κ3) is 2.38. The summed E-state index contributed by atoms with van der Waals surface area (Å²) in [7, 11) is -3.43. The first-order chi connectivity index (χ1) is 8.46. The molecule has 1 atom stereocenters. The summed E-state index contributed by atoms with van der Waals surface area (Å²) in [6.07, 6.45) is 0.477. The zero-order valence-electron chi connectivity index (χ0n) is 9.64. The minimum atomic E-state index is -3.43. The Morgan fingerprint density at radius 3 is 2.78 bits per heavy atom. The van der Waals surface area contributed by atoms with E-state index < -0.39 is 21.1 Å². The van der Waals surface area contributed by atoms with Crippen molar-refractivity contribution in [3.05, 3.63) is 34.6 Å². The van der Waals surface area contributed by atoms with E-state index in [1.165, 1.54) is 16.4 Å². The summed E-state index contributed by atoms with van der Waals surface area (Å²) in [4.78, 5) is 0. The Balaban J connectivity index is 2.26. The number of benzene rings is 1. The van der Waals surface area contributed by atoms with Gasteiger partial charge in [0.2, 0.25) is 10.0 Å². The molecular weight excluding hydrogens is 279 g/mol. The highest BCUT2D eigenvalue weighted by atomic mass is 35.5. The normalized spacial score (nSPS) is 23.4. The van der Waals surface area contributed by atoms with Gasteiger partial charge in [0.15, 0.2) is 0 Å². The summed E-state index contributed by atoms with van der Waals surface area (Å²) in [5.41, 5.74) is 5.63. The van der Waals surface area contributed by atoms with E-state index in [1.807, 2.05) is 0 Å². The van der Waals surface area contributed by atoms with Crippen molar-refractivity contribution in [3.8, 4) is 0 Å². The first kappa shape index (κ1) is 13.7. The van der Waals surface area contributed by atoms with Gasteiger partial charge < -0.3 is 5.73 Å². The van der Waals surface area contributed by atoms with E-state index in [-0.39, 0.29) is 23.7 Å². The van der Waals surface area contributed by atoms with Gasteiger partial charge in [0.1, 0.15) is 5.82 Å². The molecule has 0 saturated carbocycles. The van der Waals surface area contributed by atoms with Crippen molar-refractivity contribution in [2.24, 2.45) is 5.73 Å². The van der Waals surface area contributed by atoms with E-state index in [0.29, 0.717) is 13.0 Å². The highest BCUT2D eigenvalue weighted by Gasteiger charge is 2.38. The Kier molecular flexibility index (Phi) is 3.91. The fraction of sp³-hybridized carbons (Fsp3) is 0.455. The molecule has 18 heavy (non-hydrogen) atoms. The summed E-state index contributed by atoms with van der Waals surface area (Å²) < 4.78 is 38.9. The SMILES string of the molecule is NC[C@H]1CCN(Cc2c(F)cccc2Cl)S1(=O)=O. The van der Waals surface area contributed by atoms with Crippen LogP contribution in [0.3, 0.4) is 0 Å². The highest BCUT2D eigenvalue weighted by molar-refractivity contribution is 7.90. The van der Waals surface area contributed by atoms with Crippen LogP contribution in [0.5, 0.6) is 0 Å². The first-order valence-corrected chi connectivity index (χ1v) is 7.47. The van der Waals surface area contributed by atoms with Crippen molar-refractivity contribution in [2.75, 3.05) is 13.1 Å². The number of rotatable bonds is 3. The summed E-state index contributed by atoms with van der Waals surface area (Å²) in [6, 6.07) is 4.30. The van der Waals surface area contributed by atoms with Crippen LogP contribution in [-0.4, -0.2) is 31.1 Å². The maximum absolute atomic E-state index is 13.6. The molecule has 1 aromatic carbocycles. The van der Waals surface area contributed by atoms with E-state index in [1.54, 1.807) is 6.07 Å². The molecule has 0 bridgehead atoms. The quantitative estimate of drug-likeness (QED) is 0.914. The first-order valence-electron chi connectivity index (χ1n) is 5.58. The second-order valence-electron chi connectivity index (χ2n) is 4.23. The second kappa shape index (κ2) is 5.13. The van der Waals surface area contributed by atoms with Gasteiger partial charge in [0.25, 0.3) is 0 Å². The van der Waals surface area contributed by atoms with Gasteiger partial charge in [0.05, 0.1) is 5.25 Å². The van der Waals surface area contributed by atoms with Crippen LogP contribution < -0.4 is 5.73 Å². The molecule has 1 heterocycles. The van der Waals surface area contributed by atoms with E-state index >= 15 is 0 Å². The molecule has 4 nitrogen and oxygen atoms in total. The molecule has 0 aromatic heterocycles. The molecule has 0 aliphatic carbocycles. The van der Waals surface area contributed by atoms with E-state index in [9.17, 15) is 12.8 Å². The number of hydrogen-bond acceptors (Lipinski definition) is 3. The summed E-state index contributed by atoms with van der Waals surface area (Å²) in [5.74, 6) is -0.492. The Morgan fingerprint density at radius 1 is 1.50 bits per heavy atom. The minimum absolute atomic E-state index is 0.0374. The fourth-order valence-corrected chi connectivity index (χ4v) is 4.00. The molecule has 2 N–H and O–H groups in total. The van der Waals surface area contributed by atoms with Crippen LogP contribution in [0.15, 0.2) is 18.2 Å². The fourth-order valence-electron chi connectivity index (χ4n) is 2.04. The molecule has 100 valence electrons. The summed E-state index contributed by atoms with van der Waals surface area (Å²) >= 11 is 5.89. The summed E-state index contributed by atoms with van der Waals surface area (Å²) in [5, 5.41) is -0.329.